The highest BCUT2D eigenvalue weighted by atomic mass is 16.5. The maximum Gasteiger partial charge on any atom is 0.303 e. The van der Waals surface area contributed by atoms with Crippen LogP contribution >= 0.6 is 0 Å². The molecule has 1 aliphatic heterocycles. The van der Waals surface area contributed by atoms with Crippen LogP contribution in [0.2, 0.25) is 0 Å². The molecule has 100 valence electrons. The molecule has 0 aromatic carbocycles. The minimum Gasteiger partial charge on any atom is -0.481 e. The first-order valence-corrected chi connectivity index (χ1v) is 5.80. The van der Waals surface area contributed by atoms with Gasteiger partial charge in [-0.15, -0.1) is 0 Å². The summed E-state index contributed by atoms with van der Waals surface area (Å²) >= 11 is 0. The molecule has 0 aliphatic carbocycles. The van der Waals surface area contributed by atoms with E-state index in [0.29, 0.717) is 0 Å². The molecule has 0 aromatic rings. The molecule has 0 atom stereocenters. The number of rotatable bonds is 5. The number of carbonyl (C=O) groups is 2. The Morgan fingerprint density at radius 2 is 1.71 bits per heavy atom. The Morgan fingerprint density at radius 1 is 1.18 bits per heavy atom. The Bertz CT molecular complexity index is 226. The van der Waals surface area contributed by atoms with E-state index in [4.69, 9.17) is 14.9 Å². The molecular weight excluding hydrogens is 226 g/mol. The topological polar surface area (TPSA) is 87.1 Å². The van der Waals surface area contributed by atoms with E-state index in [1.807, 2.05) is 0 Å². The van der Waals surface area contributed by atoms with E-state index >= 15 is 0 Å². The fourth-order valence-corrected chi connectivity index (χ4v) is 1.28. The summed E-state index contributed by atoms with van der Waals surface area (Å²) in [5.41, 5.74) is 0. The van der Waals surface area contributed by atoms with Crippen LogP contribution in [0.3, 0.4) is 0 Å². The van der Waals surface area contributed by atoms with Gasteiger partial charge >= 0.3 is 11.9 Å². The third kappa shape index (κ3) is 11.1. The first-order valence-electron chi connectivity index (χ1n) is 5.80. The quantitative estimate of drug-likeness (QED) is 0.742. The molecule has 1 aliphatic rings. The van der Waals surface area contributed by atoms with Gasteiger partial charge in [0.25, 0.3) is 0 Å². The first-order chi connectivity index (χ1) is 8.06. The molecule has 0 saturated carbocycles. The molecule has 6 heteroatoms. The Morgan fingerprint density at radius 3 is 2.12 bits per heavy atom. The van der Waals surface area contributed by atoms with Crippen molar-refractivity contribution in [3.63, 3.8) is 0 Å². The lowest BCUT2D eigenvalue weighted by molar-refractivity contribution is -0.138. The molecule has 1 heterocycles. The predicted octanol–water partition coefficient (Wildman–Crippen LogP) is 0.664. The Labute approximate surface area is 101 Å². The Balaban J connectivity index is 0.000000437. The summed E-state index contributed by atoms with van der Waals surface area (Å²) in [5.74, 6) is -1.45. The van der Waals surface area contributed by atoms with Crippen LogP contribution in [0.5, 0.6) is 0 Å². The summed E-state index contributed by atoms with van der Waals surface area (Å²) in [6.07, 6.45) is 1.24. The van der Waals surface area contributed by atoms with Crippen molar-refractivity contribution >= 4 is 11.9 Å². The zero-order valence-corrected chi connectivity index (χ0v) is 10.2. The summed E-state index contributed by atoms with van der Waals surface area (Å²) < 4.78 is 5.17. The van der Waals surface area contributed by atoms with E-state index in [2.05, 4.69) is 4.90 Å². The van der Waals surface area contributed by atoms with Gasteiger partial charge in [0, 0.05) is 25.9 Å². The molecule has 6 nitrogen and oxygen atoms in total. The van der Waals surface area contributed by atoms with Gasteiger partial charge in [-0.3, -0.25) is 14.5 Å². The number of hydrogen-bond donors (Lipinski definition) is 2. The molecule has 17 heavy (non-hydrogen) atoms. The standard InChI is InChI=1S/C8H15NO3.C3H6O2/c10-8(11)2-1-3-9-4-6-12-7-5-9;1-2-3(4)5/h1-7H2,(H,10,11);2H2,1H3,(H,4,5). The number of hydrogen-bond acceptors (Lipinski definition) is 4. The van der Waals surface area contributed by atoms with Crippen molar-refractivity contribution in [1.29, 1.82) is 0 Å². The van der Waals surface area contributed by atoms with Crippen LogP contribution in [-0.4, -0.2) is 59.9 Å². The lowest BCUT2D eigenvalue weighted by Gasteiger charge is -2.26. The Hall–Kier alpha value is -1.14. The normalized spacial score (nSPS) is 15.8. The molecule has 2 N–H and O–H groups in total. The van der Waals surface area contributed by atoms with Gasteiger partial charge in [0.05, 0.1) is 13.2 Å². The third-order valence-electron chi connectivity index (χ3n) is 2.27. The van der Waals surface area contributed by atoms with Crippen molar-refractivity contribution in [2.24, 2.45) is 0 Å². The van der Waals surface area contributed by atoms with Crippen molar-refractivity contribution in [3.05, 3.63) is 0 Å². The third-order valence-corrected chi connectivity index (χ3v) is 2.27. The maximum absolute atomic E-state index is 10.2. The van der Waals surface area contributed by atoms with Crippen LogP contribution in [-0.2, 0) is 14.3 Å². The zero-order valence-electron chi connectivity index (χ0n) is 10.2. The predicted molar refractivity (Wildman–Crippen MR) is 62.1 cm³/mol. The molecular formula is C11H21NO5. The van der Waals surface area contributed by atoms with Crippen molar-refractivity contribution in [2.75, 3.05) is 32.8 Å². The highest BCUT2D eigenvalue weighted by molar-refractivity contribution is 5.66. The summed E-state index contributed by atoms with van der Waals surface area (Å²) in [5, 5.41) is 16.1. The van der Waals surface area contributed by atoms with Gasteiger partial charge < -0.3 is 14.9 Å². The van der Waals surface area contributed by atoms with Gasteiger partial charge in [-0.2, -0.15) is 0 Å². The van der Waals surface area contributed by atoms with E-state index in [-0.39, 0.29) is 12.8 Å². The van der Waals surface area contributed by atoms with Crippen molar-refractivity contribution in [1.82, 2.24) is 4.90 Å². The highest BCUT2D eigenvalue weighted by Crippen LogP contribution is 1.99. The number of morpholine rings is 1. The summed E-state index contributed by atoms with van der Waals surface area (Å²) in [4.78, 5) is 21.8. The van der Waals surface area contributed by atoms with Crippen LogP contribution < -0.4 is 0 Å². The SMILES string of the molecule is CCC(=O)O.O=C(O)CCCN1CCOCC1. The molecule has 0 aromatic heterocycles. The summed E-state index contributed by atoms with van der Waals surface area (Å²) in [6.45, 7) is 5.94. The van der Waals surface area contributed by atoms with E-state index < -0.39 is 11.9 Å². The van der Waals surface area contributed by atoms with Crippen LogP contribution in [0.1, 0.15) is 26.2 Å². The maximum atomic E-state index is 10.2. The lowest BCUT2D eigenvalue weighted by Crippen LogP contribution is -2.36. The van der Waals surface area contributed by atoms with Gasteiger partial charge in [0.2, 0.25) is 0 Å². The molecule has 0 radical (unpaired) electrons. The van der Waals surface area contributed by atoms with Crippen LogP contribution in [0.4, 0.5) is 0 Å². The van der Waals surface area contributed by atoms with Crippen molar-refractivity contribution < 1.29 is 24.5 Å². The average molecular weight is 247 g/mol. The van der Waals surface area contributed by atoms with E-state index in [0.717, 1.165) is 39.3 Å². The second-order valence-corrected chi connectivity index (χ2v) is 3.70. The fourth-order valence-electron chi connectivity index (χ4n) is 1.28. The lowest BCUT2D eigenvalue weighted by atomic mass is 10.3. The molecule has 1 saturated heterocycles. The molecule has 0 amide bonds. The van der Waals surface area contributed by atoms with E-state index in [1.54, 1.807) is 6.92 Å². The smallest absolute Gasteiger partial charge is 0.303 e. The number of ether oxygens (including phenoxy) is 1. The molecule has 1 fully saturated rings. The second-order valence-electron chi connectivity index (χ2n) is 3.70. The Kier molecular flexibility index (Phi) is 9.37. The van der Waals surface area contributed by atoms with E-state index in [9.17, 15) is 9.59 Å². The zero-order chi connectivity index (χ0) is 13.1. The van der Waals surface area contributed by atoms with Crippen molar-refractivity contribution in [3.8, 4) is 0 Å². The van der Waals surface area contributed by atoms with E-state index in [1.165, 1.54) is 0 Å². The van der Waals surface area contributed by atoms with Crippen molar-refractivity contribution in [2.45, 2.75) is 26.2 Å². The average Bonchev–Trinajstić information content (AvgIpc) is 2.30. The minimum atomic E-state index is -0.745. The largest absolute Gasteiger partial charge is 0.481 e. The van der Waals surface area contributed by atoms with Crippen LogP contribution in [0, 0.1) is 0 Å². The number of aliphatic carboxylic acids is 2. The monoisotopic (exact) mass is 247 g/mol. The summed E-state index contributed by atoms with van der Waals surface area (Å²) in [6, 6.07) is 0. The van der Waals surface area contributed by atoms with Gasteiger partial charge in [0.1, 0.15) is 0 Å². The van der Waals surface area contributed by atoms with Gasteiger partial charge in [0.15, 0.2) is 0 Å². The summed E-state index contributed by atoms with van der Waals surface area (Å²) in [7, 11) is 0. The molecule has 0 bridgehead atoms. The van der Waals surface area contributed by atoms with Gasteiger partial charge in [-0.25, -0.2) is 0 Å². The van der Waals surface area contributed by atoms with Crippen LogP contribution in [0.15, 0.2) is 0 Å². The second kappa shape index (κ2) is 10.0. The highest BCUT2D eigenvalue weighted by Gasteiger charge is 2.09. The number of carboxylic acid groups (broad SMARTS) is 2. The molecule has 0 unspecified atom stereocenters. The molecule has 1 rings (SSSR count). The van der Waals surface area contributed by atoms with Crippen LogP contribution in [0.25, 0.3) is 0 Å². The first kappa shape index (κ1) is 15.9. The number of carboxylic acids is 2. The molecule has 0 spiro atoms. The minimum absolute atomic E-state index is 0.222. The fraction of sp³-hybridized carbons (Fsp3) is 0.818. The van der Waals surface area contributed by atoms with Gasteiger partial charge in [-0.05, 0) is 13.0 Å². The van der Waals surface area contributed by atoms with Gasteiger partial charge in [-0.1, -0.05) is 6.92 Å². The number of nitrogens with zero attached hydrogens (tertiary/aromatic N) is 1.